The summed E-state index contributed by atoms with van der Waals surface area (Å²) in [7, 11) is 1.64. The van der Waals surface area contributed by atoms with Gasteiger partial charge in [0.25, 0.3) is 0 Å². The monoisotopic (exact) mass is 338 g/mol. The molecule has 2 aromatic carbocycles. The number of hydrogen-bond acceptors (Lipinski definition) is 3. The Labute approximate surface area is 149 Å². The molecule has 1 atom stereocenters. The highest BCUT2D eigenvalue weighted by molar-refractivity contribution is 5.53. The molecule has 1 fully saturated rings. The SMILES string of the molecule is COc1ccc(/C=C/C(O)(c2ccccc2)C2(O)CCCCC2)cc1. The van der Waals surface area contributed by atoms with Gasteiger partial charge in [-0.15, -0.1) is 0 Å². The molecule has 0 aliphatic heterocycles. The minimum atomic E-state index is -1.41. The second-order valence-electron chi connectivity index (χ2n) is 6.83. The van der Waals surface area contributed by atoms with E-state index in [4.69, 9.17) is 4.74 Å². The summed E-state index contributed by atoms with van der Waals surface area (Å²) < 4.78 is 5.18. The van der Waals surface area contributed by atoms with E-state index in [0.717, 1.165) is 36.1 Å². The molecule has 1 aliphatic carbocycles. The molecule has 1 aliphatic rings. The summed E-state index contributed by atoms with van der Waals surface area (Å²) in [6.45, 7) is 0. The number of ether oxygens (including phenoxy) is 1. The molecule has 2 N–H and O–H groups in total. The molecule has 0 aromatic heterocycles. The van der Waals surface area contributed by atoms with Crippen LogP contribution in [0.3, 0.4) is 0 Å². The predicted octanol–water partition coefficient (Wildman–Crippen LogP) is 4.29. The van der Waals surface area contributed by atoms with Crippen molar-refractivity contribution in [3.05, 3.63) is 71.8 Å². The topological polar surface area (TPSA) is 49.7 Å². The Morgan fingerprint density at radius 2 is 1.60 bits per heavy atom. The summed E-state index contributed by atoms with van der Waals surface area (Å²) in [5.74, 6) is 0.793. The summed E-state index contributed by atoms with van der Waals surface area (Å²) in [4.78, 5) is 0. The summed E-state index contributed by atoms with van der Waals surface area (Å²) >= 11 is 0. The van der Waals surface area contributed by atoms with E-state index >= 15 is 0 Å². The van der Waals surface area contributed by atoms with Crippen molar-refractivity contribution < 1.29 is 14.9 Å². The van der Waals surface area contributed by atoms with Crippen LogP contribution >= 0.6 is 0 Å². The van der Waals surface area contributed by atoms with E-state index in [0.29, 0.717) is 12.8 Å². The maximum Gasteiger partial charge on any atom is 0.137 e. The fourth-order valence-electron chi connectivity index (χ4n) is 3.66. The molecule has 2 aromatic rings. The first-order chi connectivity index (χ1) is 12.1. The Hall–Kier alpha value is -2.10. The second-order valence-corrected chi connectivity index (χ2v) is 6.83. The molecule has 25 heavy (non-hydrogen) atoms. The quantitative estimate of drug-likeness (QED) is 0.855. The highest BCUT2D eigenvalue weighted by Gasteiger charge is 2.48. The molecule has 1 saturated carbocycles. The van der Waals surface area contributed by atoms with Gasteiger partial charge in [-0.2, -0.15) is 0 Å². The van der Waals surface area contributed by atoms with Crippen molar-refractivity contribution in [3.63, 3.8) is 0 Å². The predicted molar refractivity (Wildman–Crippen MR) is 100 cm³/mol. The van der Waals surface area contributed by atoms with Crippen LogP contribution < -0.4 is 4.74 Å². The van der Waals surface area contributed by atoms with Crippen LogP contribution in [0.2, 0.25) is 0 Å². The van der Waals surface area contributed by atoms with Crippen LogP contribution in [0.5, 0.6) is 5.75 Å². The highest BCUT2D eigenvalue weighted by Crippen LogP contribution is 2.44. The van der Waals surface area contributed by atoms with E-state index in [2.05, 4.69) is 0 Å². The van der Waals surface area contributed by atoms with Crippen molar-refractivity contribution in [2.24, 2.45) is 0 Å². The second kappa shape index (κ2) is 7.42. The molecule has 132 valence electrons. The molecular weight excluding hydrogens is 312 g/mol. The first-order valence-electron chi connectivity index (χ1n) is 8.91. The zero-order valence-electron chi connectivity index (χ0n) is 14.7. The number of hydrogen-bond donors (Lipinski definition) is 2. The van der Waals surface area contributed by atoms with E-state index in [1.165, 1.54) is 0 Å². The zero-order chi connectivity index (χ0) is 17.8. The Morgan fingerprint density at radius 1 is 0.960 bits per heavy atom. The minimum absolute atomic E-state index is 0.603. The van der Waals surface area contributed by atoms with Gasteiger partial charge in [-0.1, -0.05) is 67.8 Å². The third-order valence-corrected chi connectivity index (χ3v) is 5.24. The maximum absolute atomic E-state index is 11.6. The summed E-state index contributed by atoms with van der Waals surface area (Å²) in [5, 5.41) is 22.8. The fourth-order valence-corrected chi connectivity index (χ4v) is 3.66. The van der Waals surface area contributed by atoms with Crippen LogP contribution in [0.4, 0.5) is 0 Å². The number of benzene rings is 2. The lowest BCUT2D eigenvalue weighted by molar-refractivity contribution is -0.146. The van der Waals surface area contributed by atoms with Crippen LogP contribution in [0.25, 0.3) is 6.08 Å². The smallest absolute Gasteiger partial charge is 0.137 e. The molecule has 0 spiro atoms. The Morgan fingerprint density at radius 3 is 2.20 bits per heavy atom. The number of methoxy groups -OCH3 is 1. The molecule has 3 heteroatoms. The van der Waals surface area contributed by atoms with Gasteiger partial charge in [0, 0.05) is 0 Å². The number of aliphatic hydroxyl groups is 2. The van der Waals surface area contributed by atoms with Gasteiger partial charge in [0.2, 0.25) is 0 Å². The van der Waals surface area contributed by atoms with Crippen molar-refractivity contribution in [1.29, 1.82) is 0 Å². The fraction of sp³-hybridized carbons (Fsp3) is 0.364. The average molecular weight is 338 g/mol. The van der Waals surface area contributed by atoms with Crippen molar-refractivity contribution in [1.82, 2.24) is 0 Å². The molecule has 0 bridgehead atoms. The van der Waals surface area contributed by atoms with Crippen LogP contribution in [0.15, 0.2) is 60.7 Å². The van der Waals surface area contributed by atoms with Gasteiger partial charge in [-0.3, -0.25) is 0 Å². The Kier molecular flexibility index (Phi) is 5.26. The van der Waals surface area contributed by atoms with E-state index < -0.39 is 11.2 Å². The normalized spacial score (nSPS) is 19.5. The van der Waals surface area contributed by atoms with Gasteiger partial charge >= 0.3 is 0 Å². The van der Waals surface area contributed by atoms with Gasteiger partial charge in [-0.25, -0.2) is 0 Å². The summed E-state index contributed by atoms with van der Waals surface area (Å²) in [6.07, 6.45) is 7.80. The molecule has 0 heterocycles. The molecule has 3 rings (SSSR count). The van der Waals surface area contributed by atoms with Gasteiger partial charge in [0.05, 0.1) is 7.11 Å². The van der Waals surface area contributed by atoms with E-state index in [9.17, 15) is 10.2 Å². The molecule has 0 amide bonds. The Balaban J connectivity index is 1.97. The summed E-state index contributed by atoms with van der Waals surface area (Å²) in [5.41, 5.74) is -0.872. The third-order valence-electron chi connectivity index (χ3n) is 5.24. The molecule has 0 saturated heterocycles. The highest BCUT2D eigenvalue weighted by atomic mass is 16.5. The van der Waals surface area contributed by atoms with Gasteiger partial charge in [0.1, 0.15) is 17.0 Å². The van der Waals surface area contributed by atoms with Gasteiger partial charge < -0.3 is 14.9 Å². The van der Waals surface area contributed by atoms with Crippen molar-refractivity contribution in [2.45, 2.75) is 43.3 Å². The molecule has 0 radical (unpaired) electrons. The summed E-state index contributed by atoms with van der Waals surface area (Å²) in [6, 6.07) is 17.1. The zero-order valence-corrected chi connectivity index (χ0v) is 14.7. The maximum atomic E-state index is 11.6. The molecule has 1 unspecified atom stereocenters. The lowest BCUT2D eigenvalue weighted by atomic mass is 9.69. The average Bonchev–Trinajstić information content (AvgIpc) is 2.67. The van der Waals surface area contributed by atoms with Crippen LogP contribution in [-0.2, 0) is 5.60 Å². The van der Waals surface area contributed by atoms with E-state index in [1.807, 2.05) is 60.7 Å². The van der Waals surface area contributed by atoms with Crippen molar-refractivity contribution in [3.8, 4) is 5.75 Å². The lowest BCUT2D eigenvalue weighted by Crippen LogP contribution is -2.51. The van der Waals surface area contributed by atoms with E-state index in [-0.39, 0.29) is 0 Å². The largest absolute Gasteiger partial charge is 0.497 e. The number of rotatable bonds is 5. The first kappa shape index (κ1) is 17.7. The minimum Gasteiger partial charge on any atom is -0.497 e. The van der Waals surface area contributed by atoms with Gasteiger partial charge in [0.15, 0.2) is 0 Å². The standard InChI is InChI=1S/C22H26O3/c1-25-20-12-10-18(11-13-20)14-17-22(24,19-8-4-2-5-9-19)21(23)15-6-3-7-16-21/h2,4-5,8-14,17,23-24H,3,6-7,15-16H2,1H3/b17-14+. The Bertz CT molecular complexity index is 700. The van der Waals surface area contributed by atoms with Crippen molar-refractivity contribution >= 4 is 6.08 Å². The first-order valence-corrected chi connectivity index (χ1v) is 8.91. The molecular formula is C22H26O3. The molecule has 3 nitrogen and oxygen atoms in total. The third kappa shape index (κ3) is 3.63. The van der Waals surface area contributed by atoms with E-state index in [1.54, 1.807) is 13.2 Å². The van der Waals surface area contributed by atoms with Crippen LogP contribution in [0.1, 0.15) is 43.2 Å². The van der Waals surface area contributed by atoms with Gasteiger partial charge in [-0.05, 0) is 42.2 Å². The van der Waals surface area contributed by atoms with Crippen molar-refractivity contribution in [2.75, 3.05) is 7.11 Å². The van der Waals surface area contributed by atoms with Crippen LogP contribution in [-0.4, -0.2) is 22.9 Å². The van der Waals surface area contributed by atoms with Crippen LogP contribution in [0, 0.1) is 0 Å². The lowest BCUT2D eigenvalue weighted by Gasteiger charge is -2.44.